The van der Waals surface area contributed by atoms with Crippen LogP contribution in [-0.4, -0.2) is 38.6 Å². The number of nitrogens with one attached hydrogen (secondary N) is 1. The Morgan fingerprint density at radius 2 is 2.36 bits per heavy atom. The van der Waals surface area contributed by atoms with Gasteiger partial charge in [0.25, 0.3) is 5.89 Å². The number of hydrogen-bond donors (Lipinski definition) is 1. The largest absolute Gasteiger partial charge is 0.364 e. The van der Waals surface area contributed by atoms with E-state index in [0.29, 0.717) is 17.8 Å². The van der Waals surface area contributed by atoms with Gasteiger partial charge in [0.05, 0.1) is 6.10 Å². The predicted molar refractivity (Wildman–Crippen MR) is 80.2 cm³/mol. The van der Waals surface area contributed by atoms with Gasteiger partial charge in [-0.2, -0.15) is 10.1 Å². The molecule has 1 fully saturated rings. The van der Waals surface area contributed by atoms with Gasteiger partial charge >= 0.3 is 0 Å². The lowest BCUT2D eigenvalue weighted by Gasteiger charge is -2.17. The second-order valence-electron chi connectivity index (χ2n) is 5.87. The molecule has 0 aromatic carbocycles. The zero-order valence-electron chi connectivity index (χ0n) is 13.1. The van der Waals surface area contributed by atoms with E-state index in [0.717, 1.165) is 32.4 Å². The molecule has 0 bridgehead atoms. The van der Waals surface area contributed by atoms with Crippen molar-refractivity contribution >= 4 is 0 Å². The van der Waals surface area contributed by atoms with E-state index in [9.17, 15) is 0 Å². The first-order valence-electron chi connectivity index (χ1n) is 7.87. The van der Waals surface area contributed by atoms with Crippen LogP contribution in [0, 0.1) is 6.92 Å². The second kappa shape index (κ2) is 7.02. The monoisotopic (exact) mass is 305 g/mol. The molecule has 22 heavy (non-hydrogen) atoms. The smallest absolute Gasteiger partial charge is 0.255 e. The van der Waals surface area contributed by atoms with E-state index in [1.165, 1.54) is 0 Å². The molecular formula is C15H23N5O2. The van der Waals surface area contributed by atoms with Crippen LogP contribution in [0.1, 0.15) is 44.0 Å². The number of nitrogens with zero attached hydrogens (tertiary/aromatic N) is 4. The molecule has 3 rings (SSSR count). The average molecular weight is 305 g/mol. The molecule has 0 spiro atoms. The minimum Gasteiger partial charge on any atom is -0.364 e. The van der Waals surface area contributed by atoms with Gasteiger partial charge in [-0.3, -0.25) is 4.68 Å². The van der Waals surface area contributed by atoms with Crippen molar-refractivity contribution in [1.29, 1.82) is 0 Å². The summed E-state index contributed by atoms with van der Waals surface area (Å²) in [5.41, 5.74) is 0. The molecular weight excluding hydrogens is 282 g/mol. The number of aryl methyl sites for hydroxylation is 2. The Bertz CT molecular complexity index is 568. The Kier molecular flexibility index (Phi) is 4.84. The third-order valence-corrected chi connectivity index (χ3v) is 3.97. The molecule has 0 aliphatic carbocycles. The highest BCUT2D eigenvalue weighted by Crippen LogP contribution is 2.31. The Morgan fingerprint density at radius 3 is 3.09 bits per heavy atom. The molecule has 0 radical (unpaired) electrons. The fraction of sp³-hybridized carbons (Fsp3) is 0.667. The molecule has 1 N–H and O–H groups in total. The molecule has 1 saturated heterocycles. The zero-order valence-corrected chi connectivity index (χ0v) is 13.1. The van der Waals surface area contributed by atoms with Crippen molar-refractivity contribution in [2.24, 2.45) is 0 Å². The Labute approximate surface area is 130 Å². The maximum Gasteiger partial charge on any atom is 0.255 e. The first-order chi connectivity index (χ1) is 10.7. The minimum absolute atomic E-state index is 0.0487. The maximum atomic E-state index is 5.99. The van der Waals surface area contributed by atoms with Crippen LogP contribution in [0.5, 0.6) is 0 Å². The average Bonchev–Trinajstić information content (AvgIpc) is 3.24. The van der Waals surface area contributed by atoms with Crippen molar-refractivity contribution in [2.45, 2.75) is 57.9 Å². The van der Waals surface area contributed by atoms with E-state index in [1.807, 2.05) is 30.1 Å². The summed E-state index contributed by atoms with van der Waals surface area (Å²) in [7, 11) is 0. The second-order valence-corrected chi connectivity index (χ2v) is 5.87. The molecule has 3 atom stereocenters. The Morgan fingerprint density at radius 1 is 1.45 bits per heavy atom. The lowest BCUT2D eigenvalue weighted by molar-refractivity contribution is 0.0253. The van der Waals surface area contributed by atoms with Gasteiger partial charge in [-0.1, -0.05) is 5.16 Å². The third-order valence-electron chi connectivity index (χ3n) is 3.97. The SMILES string of the molecule is Cc1noc([C@@H]2CC[C@H](CN[C@H](C)CCn3cccn3)O2)n1. The highest BCUT2D eigenvalue weighted by molar-refractivity contribution is 4.92. The Balaban J connectivity index is 1.37. The van der Waals surface area contributed by atoms with Crippen LogP contribution in [0.15, 0.2) is 23.0 Å². The van der Waals surface area contributed by atoms with E-state index in [4.69, 9.17) is 9.26 Å². The van der Waals surface area contributed by atoms with Gasteiger partial charge in [0.15, 0.2) is 5.82 Å². The molecule has 2 aromatic heterocycles. The fourth-order valence-corrected chi connectivity index (χ4v) is 2.67. The van der Waals surface area contributed by atoms with Gasteiger partial charge in [-0.25, -0.2) is 0 Å². The topological polar surface area (TPSA) is 78.0 Å². The maximum absolute atomic E-state index is 5.99. The van der Waals surface area contributed by atoms with Crippen molar-refractivity contribution < 1.29 is 9.26 Å². The lowest BCUT2D eigenvalue weighted by Crippen LogP contribution is -2.34. The van der Waals surface area contributed by atoms with Crippen LogP contribution in [0.4, 0.5) is 0 Å². The molecule has 0 unspecified atom stereocenters. The van der Waals surface area contributed by atoms with Crippen LogP contribution in [0.3, 0.4) is 0 Å². The summed E-state index contributed by atoms with van der Waals surface area (Å²) in [5, 5.41) is 11.6. The van der Waals surface area contributed by atoms with Crippen molar-refractivity contribution in [3.63, 3.8) is 0 Å². The van der Waals surface area contributed by atoms with E-state index >= 15 is 0 Å². The van der Waals surface area contributed by atoms with Gasteiger partial charge in [0.1, 0.15) is 6.10 Å². The molecule has 1 aliphatic heterocycles. The Hall–Kier alpha value is -1.73. The van der Waals surface area contributed by atoms with Crippen molar-refractivity contribution in [3.8, 4) is 0 Å². The van der Waals surface area contributed by atoms with Gasteiger partial charge in [0.2, 0.25) is 0 Å². The summed E-state index contributed by atoms with van der Waals surface area (Å²) >= 11 is 0. The standard InChI is InChI=1S/C15H23N5O2/c1-11(6-9-20-8-3-7-17-20)16-10-13-4-5-14(21-13)15-18-12(2)19-22-15/h3,7-8,11,13-14,16H,4-6,9-10H2,1-2H3/t11-,13-,14+/m1/s1. The highest BCUT2D eigenvalue weighted by atomic mass is 16.5. The van der Waals surface area contributed by atoms with E-state index in [1.54, 1.807) is 0 Å². The highest BCUT2D eigenvalue weighted by Gasteiger charge is 2.30. The lowest BCUT2D eigenvalue weighted by atomic mass is 10.1. The fourth-order valence-electron chi connectivity index (χ4n) is 2.67. The van der Waals surface area contributed by atoms with Gasteiger partial charge < -0.3 is 14.6 Å². The molecule has 2 aromatic rings. The van der Waals surface area contributed by atoms with Crippen molar-refractivity contribution in [3.05, 3.63) is 30.2 Å². The number of hydrogen-bond acceptors (Lipinski definition) is 6. The first kappa shape index (κ1) is 15.2. The third kappa shape index (κ3) is 3.92. The summed E-state index contributed by atoms with van der Waals surface area (Å²) in [6.07, 6.45) is 6.96. The van der Waals surface area contributed by atoms with Crippen LogP contribution >= 0.6 is 0 Å². The van der Waals surface area contributed by atoms with E-state index in [-0.39, 0.29) is 12.2 Å². The molecule has 0 amide bonds. The van der Waals surface area contributed by atoms with Crippen LogP contribution in [0.25, 0.3) is 0 Å². The van der Waals surface area contributed by atoms with Crippen LogP contribution in [0.2, 0.25) is 0 Å². The van der Waals surface area contributed by atoms with E-state index < -0.39 is 0 Å². The van der Waals surface area contributed by atoms with Crippen LogP contribution < -0.4 is 5.32 Å². The summed E-state index contributed by atoms with van der Waals surface area (Å²) in [5.74, 6) is 1.26. The van der Waals surface area contributed by atoms with E-state index in [2.05, 4.69) is 27.5 Å². The van der Waals surface area contributed by atoms with Crippen molar-refractivity contribution in [2.75, 3.05) is 6.54 Å². The molecule has 0 saturated carbocycles. The summed E-state index contributed by atoms with van der Waals surface area (Å²) < 4.78 is 13.1. The van der Waals surface area contributed by atoms with Crippen LogP contribution in [-0.2, 0) is 11.3 Å². The van der Waals surface area contributed by atoms with Gasteiger partial charge in [-0.15, -0.1) is 0 Å². The quantitative estimate of drug-likeness (QED) is 0.841. The molecule has 1 aliphatic rings. The number of rotatable bonds is 7. The summed E-state index contributed by atoms with van der Waals surface area (Å²) in [6, 6.07) is 2.38. The summed E-state index contributed by atoms with van der Waals surface area (Å²) in [4.78, 5) is 4.25. The summed E-state index contributed by atoms with van der Waals surface area (Å²) in [6.45, 7) is 5.79. The van der Waals surface area contributed by atoms with Crippen molar-refractivity contribution in [1.82, 2.24) is 25.2 Å². The molecule has 7 heteroatoms. The molecule has 120 valence electrons. The van der Waals surface area contributed by atoms with Gasteiger partial charge in [0, 0.05) is 31.5 Å². The number of ether oxygens (including phenoxy) is 1. The first-order valence-corrected chi connectivity index (χ1v) is 7.87. The minimum atomic E-state index is -0.0487. The normalized spacial score (nSPS) is 23.0. The molecule has 3 heterocycles. The number of aromatic nitrogens is 4. The van der Waals surface area contributed by atoms with Gasteiger partial charge in [-0.05, 0) is 39.2 Å². The molecule has 7 nitrogen and oxygen atoms in total. The zero-order chi connectivity index (χ0) is 15.4. The predicted octanol–water partition coefficient (Wildman–Crippen LogP) is 1.86.